The molecular weight excluding hydrogens is 650 g/mol. The zero-order chi connectivity index (χ0) is 36.5. The lowest BCUT2D eigenvalue weighted by atomic mass is 10.0. The van der Waals surface area contributed by atoms with E-state index in [0.717, 1.165) is 70.0 Å². The van der Waals surface area contributed by atoms with Crippen molar-refractivity contribution >= 4 is 41.0 Å². The maximum absolute atomic E-state index is 13.2. The van der Waals surface area contributed by atoms with Gasteiger partial charge in [0, 0.05) is 44.9 Å². The minimum atomic E-state index is -0.482. The van der Waals surface area contributed by atoms with E-state index >= 15 is 0 Å². The number of piperidine rings is 1. The molecule has 1 aromatic heterocycles. The SMILES string of the molecule is CC[C@@H]1C(=O)N(C)c2cnc(Nc3ccc(C(=O)NCCCCCCOC4CCN(C(=O)OC(C)(C)C)CC4)cc3OC)nc2N1C1CCCC1. The Morgan fingerprint density at radius 3 is 2.43 bits per heavy atom. The molecule has 1 atom stereocenters. The molecule has 2 fully saturated rings. The van der Waals surface area contributed by atoms with Crippen molar-refractivity contribution in [3.05, 3.63) is 30.0 Å². The van der Waals surface area contributed by atoms with Crippen LogP contribution >= 0.6 is 0 Å². The molecule has 2 N–H and O–H groups in total. The van der Waals surface area contributed by atoms with Gasteiger partial charge in [-0.15, -0.1) is 0 Å². The fraction of sp³-hybridized carbons (Fsp3) is 0.658. The van der Waals surface area contributed by atoms with Crippen LogP contribution in [-0.2, 0) is 14.3 Å². The molecule has 1 aliphatic carbocycles. The van der Waals surface area contributed by atoms with E-state index in [2.05, 4.69) is 20.5 Å². The van der Waals surface area contributed by atoms with Crippen LogP contribution in [0.1, 0.15) is 109 Å². The number of likely N-dealkylation sites (tertiary alicyclic amines) is 1. The molecule has 13 nitrogen and oxygen atoms in total. The van der Waals surface area contributed by atoms with Crippen LogP contribution in [0.3, 0.4) is 0 Å². The van der Waals surface area contributed by atoms with Crippen LogP contribution in [0.15, 0.2) is 24.4 Å². The molecule has 1 aromatic carbocycles. The van der Waals surface area contributed by atoms with Gasteiger partial charge in [0.1, 0.15) is 23.1 Å². The molecule has 2 aromatic rings. The fourth-order valence-corrected chi connectivity index (χ4v) is 7.17. The first kappa shape index (κ1) is 38.1. The predicted octanol–water partition coefficient (Wildman–Crippen LogP) is 6.44. The molecule has 280 valence electrons. The van der Waals surface area contributed by atoms with Gasteiger partial charge in [0.2, 0.25) is 11.9 Å². The number of benzene rings is 1. The summed E-state index contributed by atoms with van der Waals surface area (Å²) in [6.45, 7) is 10.3. The molecule has 3 amide bonds. The summed E-state index contributed by atoms with van der Waals surface area (Å²) in [5.74, 6) is 1.60. The Bertz CT molecular complexity index is 1500. The number of anilines is 4. The Hall–Kier alpha value is -4.13. The van der Waals surface area contributed by atoms with Crippen molar-refractivity contribution in [3.63, 3.8) is 0 Å². The number of methoxy groups -OCH3 is 1. The van der Waals surface area contributed by atoms with Gasteiger partial charge in [-0.25, -0.2) is 9.78 Å². The van der Waals surface area contributed by atoms with Crippen LogP contribution in [0.2, 0.25) is 0 Å². The van der Waals surface area contributed by atoms with E-state index in [9.17, 15) is 14.4 Å². The molecule has 5 rings (SSSR count). The lowest BCUT2D eigenvalue weighted by Gasteiger charge is -2.43. The number of rotatable bonds is 14. The maximum Gasteiger partial charge on any atom is 0.410 e. The van der Waals surface area contributed by atoms with Gasteiger partial charge in [-0.2, -0.15) is 4.98 Å². The number of hydrogen-bond donors (Lipinski definition) is 2. The highest BCUT2D eigenvalue weighted by atomic mass is 16.6. The molecular formula is C38H57N7O6. The molecule has 0 unspecified atom stereocenters. The third kappa shape index (κ3) is 9.81. The zero-order valence-electron chi connectivity index (χ0n) is 31.3. The molecule has 3 heterocycles. The topological polar surface area (TPSA) is 138 Å². The van der Waals surface area contributed by atoms with Crippen molar-refractivity contribution in [2.75, 3.05) is 55.5 Å². The molecule has 2 aliphatic heterocycles. The van der Waals surface area contributed by atoms with Crippen molar-refractivity contribution in [2.24, 2.45) is 0 Å². The van der Waals surface area contributed by atoms with Crippen LogP contribution < -0.4 is 25.2 Å². The van der Waals surface area contributed by atoms with Gasteiger partial charge < -0.3 is 39.5 Å². The molecule has 0 bridgehead atoms. The number of amides is 3. The largest absolute Gasteiger partial charge is 0.495 e. The van der Waals surface area contributed by atoms with Crippen molar-refractivity contribution in [3.8, 4) is 5.75 Å². The molecule has 3 aliphatic rings. The summed E-state index contributed by atoms with van der Waals surface area (Å²) in [5, 5.41) is 6.30. The number of carbonyl (C=O) groups excluding carboxylic acids is 3. The van der Waals surface area contributed by atoms with Gasteiger partial charge in [-0.3, -0.25) is 9.59 Å². The minimum absolute atomic E-state index is 0.0769. The van der Waals surface area contributed by atoms with Crippen LogP contribution in [-0.4, -0.2) is 97.0 Å². The lowest BCUT2D eigenvalue weighted by molar-refractivity contribution is -0.120. The first-order chi connectivity index (χ1) is 24.5. The number of nitrogens with one attached hydrogen (secondary N) is 2. The minimum Gasteiger partial charge on any atom is -0.495 e. The predicted molar refractivity (Wildman–Crippen MR) is 198 cm³/mol. The van der Waals surface area contributed by atoms with Crippen LogP contribution in [0.25, 0.3) is 0 Å². The second-order valence-corrected chi connectivity index (χ2v) is 14.8. The summed E-state index contributed by atoms with van der Waals surface area (Å²) in [6.07, 6.45) is 12.3. The standard InChI is InChI=1S/C38H57N7O6/c1-7-30-35(47)43(5)31-25-40-36(42-33(31)45(30)27-14-10-11-15-27)41-29-17-16-26(24-32(29)49-6)34(46)39-20-12-8-9-13-23-50-28-18-21-44(22-19-28)37(48)51-38(2,3)4/h16-17,24-25,27-28,30H,7-15,18-23H2,1-6H3,(H,39,46)(H,40,41,42)/t30-/m1/s1. The normalized spacial score (nSPS) is 18.5. The second-order valence-electron chi connectivity index (χ2n) is 14.8. The second kappa shape index (κ2) is 17.4. The van der Waals surface area contributed by atoms with Gasteiger partial charge in [0.15, 0.2) is 5.82 Å². The average molecular weight is 708 g/mol. The molecule has 51 heavy (non-hydrogen) atoms. The highest BCUT2D eigenvalue weighted by Crippen LogP contribution is 2.40. The number of fused-ring (bicyclic) bond motifs is 1. The van der Waals surface area contributed by atoms with Gasteiger partial charge in [-0.1, -0.05) is 32.6 Å². The highest BCUT2D eigenvalue weighted by Gasteiger charge is 2.41. The molecule has 0 spiro atoms. The first-order valence-electron chi connectivity index (χ1n) is 18.7. The first-order valence-corrected chi connectivity index (χ1v) is 18.7. The highest BCUT2D eigenvalue weighted by molar-refractivity contribution is 6.04. The number of ether oxygens (including phenoxy) is 3. The Balaban J connectivity index is 1.05. The van der Waals surface area contributed by atoms with E-state index in [4.69, 9.17) is 19.2 Å². The number of aromatic nitrogens is 2. The average Bonchev–Trinajstić information content (AvgIpc) is 3.65. The maximum atomic E-state index is 13.2. The summed E-state index contributed by atoms with van der Waals surface area (Å²) < 4.78 is 17.2. The van der Waals surface area contributed by atoms with Crippen molar-refractivity contribution in [2.45, 2.75) is 122 Å². The fourth-order valence-electron chi connectivity index (χ4n) is 7.17. The van der Waals surface area contributed by atoms with E-state index in [-0.39, 0.29) is 36.1 Å². The Labute approximate surface area is 302 Å². The van der Waals surface area contributed by atoms with E-state index in [1.165, 1.54) is 0 Å². The van der Waals surface area contributed by atoms with Gasteiger partial charge in [-0.05, 0) is 83.9 Å². The Morgan fingerprint density at radius 1 is 1.02 bits per heavy atom. The molecule has 0 radical (unpaired) electrons. The summed E-state index contributed by atoms with van der Waals surface area (Å²) in [5.41, 5.74) is 1.38. The van der Waals surface area contributed by atoms with Crippen molar-refractivity contribution in [1.82, 2.24) is 20.2 Å². The van der Waals surface area contributed by atoms with E-state index < -0.39 is 5.60 Å². The third-order valence-electron chi connectivity index (χ3n) is 9.93. The quantitative estimate of drug-likeness (QED) is 0.211. The van der Waals surface area contributed by atoms with E-state index in [0.29, 0.717) is 61.3 Å². The van der Waals surface area contributed by atoms with E-state index in [1.54, 1.807) is 48.4 Å². The van der Waals surface area contributed by atoms with Crippen molar-refractivity contribution < 1.29 is 28.6 Å². The third-order valence-corrected chi connectivity index (χ3v) is 9.93. The monoisotopic (exact) mass is 707 g/mol. The number of carbonyl (C=O) groups is 3. The van der Waals surface area contributed by atoms with Crippen LogP contribution in [0.4, 0.5) is 27.9 Å². The zero-order valence-corrected chi connectivity index (χ0v) is 31.3. The number of hydrogen-bond acceptors (Lipinski definition) is 10. The molecule has 1 saturated heterocycles. The summed E-state index contributed by atoms with van der Waals surface area (Å²) >= 11 is 0. The van der Waals surface area contributed by atoms with Crippen LogP contribution in [0.5, 0.6) is 5.75 Å². The lowest BCUT2D eigenvalue weighted by Crippen LogP contribution is -2.55. The van der Waals surface area contributed by atoms with Crippen molar-refractivity contribution in [1.29, 1.82) is 0 Å². The summed E-state index contributed by atoms with van der Waals surface area (Å²) in [6, 6.07) is 5.32. The number of likely N-dealkylation sites (N-methyl/N-ethyl adjacent to an activating group) is 1. The number of nitrogens with zero attached hydrogens (tertiary/aromatic N) is 5. The number of unbranched alkanes of at least 4 members (excludes halogenated alkanes) is 3. The smallest absolute Gasteiger partial charge is 0.410 e. The van der Waals surface area contributed by atoms with Crippen LogP contribution in [0, 0.1) is 0 Å². The van der Waals surface area contributed by atoms with Gasteiger partial charge in [0.25, 0.3) is 5.91 Å². The Morgan fingerprint density at radius 2 is 1.75 bits per heavy atom. The molecule has 13 heteroatoms. The van der Waals surface area contributed by atoms with E-state index in [1.807, 2.05) is 27.7 Å². The van der Waals surface area contributed by atoms with Gasteiger partial charge in [0.05, 0.1) is 25.1 Å². The molecule has 1 saturated carbocycles. The Kier molecular flexibility index (Phi) is 13.0. The van der Waals surface area contributed by atoms with Gasteiger partial charge >= 0.3 is 6.09 Å². The summed E-state index contributed by atoms with van der Waals surface area (Å²) in [7, 11) is 3.36. The summed E-state index contributed by atoms with van der Waals surface area (Å²) in [4.78, 5) is 53.5.